The zero-order valence-electron chi connectivity index (χ0n) is 26.9. The summed E-state index contributed by atoms with van der Waals surface area (Å²) < 4.78 is 34.0. The molecule has 50 heavy (non-hydrogen) atoms. The number of carbonyl (C=O) groups is 2. The van der Waals surface area contributed by atoms with E-state index in [1.807, 2.05) is 36.4 Å². The molecular weight excluding hydrogens is 688 g/mol. The molecule has 7 nitrogen and oxygen atoms in total. The van der Waals surface area contributed by atoms with E-state index in [0.717, 1.165) is 48.1 Å². The highest BCUT2D eigenvalue weighted by atomic mass is 35.5. The average molecular weight is 724 g/mol. The van der Waals surface area contributed by atoms with Crippen LogP contribution < -0.4 is 5.73 Å². The molecule has 0 unspecified atom stereocenters. The second-order valence-electron chi connectivity index (χ2n) is 12.8. The number of hydrogen-bond acceptors (Lipinski definition) is 4. The first-order valence-corrected chi connectivity index (χ1v) is 17.1. The smallest absolute Gasteiger partial charge is 0.475 e. The van der Waals surface area contributed by atoms with Gasteiger partial charge in [0.1, 0.15) is 0 Å². The van der Waals surface area contributed by atoms with Crippen LogP contribution in [0.25, 0.3) is 10.9 Å². The molecule has 5 aromatic rings. The molecule has 1 amide bonds. The highest BCUT2D eigenvalue weighted by Gasteiger charge is 2.38. The molecule has 0 atom stereocenters. The van der Waals surface area contributed by atoms with Gasteiger partial charge < -0.3 is 10.8 Å². The van der Waals surface area contributed by atoms with Crippen LogP contribution in [0.3, 0.4) is 0 Å². The molecule has 2 fully saturated rings. The monoisotopic (exact) mass is 722 g/mol. The molecule has 1 aliphatic carbocycles. The van der Waals surface area contributed by atoms with Gasteiger partial charge in [-0.25, -0.2) is 4.79 Å². The lowest BCUT2D eigenvalue weighted by Gasteiger charge is -2.31. The van der Waals surface area contributed by atoms with Crippen molar-refractivity contribution in [3.8, 4) is 0 Å². The van der Waals surface area contributed by atoms with Crippen LogP contribution in [0.15, 0.2) is 91.0 Å². The minimum Gasteiger partial charge on any atom is -0.475 e. The maximum atomic E-state index is 11.6. The summed E-state index contributed by atoms with van der Waals surface area (Å²) in [5.74, 6) is -2.69. The van der Waals surface area contributed by atoms with Crippen molar-refractivity contribution in [2.24, 2.45) is 5.73 Å². The summed E-state index contributed by atoms with van der Waals surface area (Å²) in [5.41, 5.74) is 13.3. The second kappa shape index (κ2) is 14.8. The molecule has 3 N–H and O–H groups in total. The first kappa shape index (κ1) is 35.4. The summed E-state index contributed by atoms with van der Waals surface area (Å²) in [7, 11) is 0. The molecule has 1 aliphatic heterocycles. The predicted molar refractivity (Wildman–Crippen MR) is 188 cm³/mol. The van der Waals surface area contributed by atoms with Crippen molar-refractivity contribution >= 4 is 46.0 Å². The van der Waals surface area contributed by atoms with Crippen molar-refractivity contribution in [3.05, 3.63) is 135 Å². The number of fused-ring (bicyclic) bond motifs is 1. The molecule has 4 aromatic carbocycles. The van der Waals surface area contributed by atoms with E-state index in [0.29, 0.717) is 17.5 Å². The Balaban J connectivity index is 0.000000561. The van der Waals surface area contributed by atoms with Gasteiger partial charge in [-0.15, -0.1) is 0 Å². The number of carboxylic acids is 1. The fraction of sp³-hybridized carbons (Fsp3) is 0.289. The second-order valence-corrected chi connectivity index (χ2v) is 13.7. The lowest BCUT2D eigenvalue weighted by Crippen LogP contribution is -2.32. The van der Waals surface area contributed by atoms with Crippen molar-refractivity contribution < 1.29 is 27.9 Å². The summed E-state index contributed by atoms with van der Waals surface area (Å²) in [6, 6.07) is 31.4. The third kappa shape index (κ3) is 8.31. The largest absolute Gasteiger partial charge is 0.490 e. The number of primary amides is 1. The van der Waals surface area contributed by atoms with Crippen LogP contribution in [0, 0.1) is 0 Å². The SMILES string of the molecule is NC(=O)c1cccc(CN2CCC(c3nn(C4CC4)c4ccc(C(c5ccc(Cl)cc5)c5ccc(Cl)cc5)cc34)CC2)c1.O=C(O)C(F)(F)F. The van der Waals surface area contributed by atoms with E-state index >= 15 is 0 Å². The summed E-state index contributed by atoms with van der Waals surface area (Å²) >= 11 is 12.6. The number of nitrogens with two attached hydrogens (primary N) is 1. The number of nitrogens with zero attached hydrogens (tertiary/aromatic N) is 3. The number of aliphatic carboxylic acids is 1. The van der Waals surface area contributed by atoms with Gasteiger partial charge in [-0.05, 0) is 110 Å². The van der Waals surface area contributed by atoms with E-state index in [1.54, 1.807) is 6.07 Å². The molecule has 7 rings (SSSR count). The van der Waals surface area contributed by atoms with Crippen LogP contribution in [0.2, 0.25) is 10.0 Å². The number of aromatic nitrogens is 2. The Morgan fingerprint density at radius 2 is 1.40 bits per heavy atom. The topological polar surface area (TPSA) is 101 Å². The van der Waals surface area contributed by atoms with Gasteiger partial charge in [0, 0.05) is 39.4 Å². The molecule has 1 saturated heterocycles. The van der Waals surface area contributed by atoms with E-state index in [1.165, 1.54) is 46.1 Å². The molecule has 2 heterocycles. The fourth-order valence-corrected chi connectivity index (χ4v) is 6.85. The van der Waals surface area contributed by atoms with E-state index in [-0.39, 0.29) is 11.8 Å². The third-order valence-corrected chi connectivity index (χ3v) is 9.73. The zero-order chi connectivity index (χ0) is 35.6. The van der Waals surface area contributed by atoms with Gasteiger partial charge in [-0.1, -0.05) is 65.7 Å². The summed E-state index contributed by atoms with van der Waals surface area (Å²) in [6.07, 6.45) is -0.597. The highest BCUT2D eigenvalue weighted by Crippen LogP contribution is 2.42. The molecule has 2 aliphatic rings. The van der Waals surface area contributed by atoms with E-state index < -0.39 is 12.1 Å². The van der Waals surface area contributed by atoms with Gasteiger partial charge in [0.15, 0.2) is 0 Å². The Kier molecular flexibility index (Phi) is 10.5. The van der Waals surface area contributed by atoms with Gasteiger partial charge in [0.2, 0.25) is 5.91 Å². The van der Waals surface area contributed by atoms with Crippen molar-refractivity contribution in [3.63, 3.8) is 0 Å². The molecule has 260 valence electrons. The zero-order valence-corrected chi connectivity index (χ0v) is 28.4. The molecule has 0 spiro atoms. The van der Waals surface area contributed by atoms with Gasteiger partial charge in [-0.2, -0.15) is 18.3 Å². The number of carboxylic acid groups (broad SMARTS) is 1. The van der Waals surface area contributed by atoms with E-state index in [2.05, 4.69) is 58.1 Å². The number of rotatable bonds is 8. The fourth-order valence-electron chi connectivity index (χ4n) is 6.59. The minimum absolute atomic E-state index is 0.0501. The Bertz CT molecular complexity index is 1940. The van der Waals surface area contributed by atoms with Crippen LogP contribution in [0.5, 0.6) is 0 Å². The number of likely N-dealkylation sites (tertiary alicyclic amines) is 1. The first-order chi connectivity index (χ1) is 23.9. The number of piperidine rings is 1. The normalized spacial score (nSPS) is 15.6. The van der Waals surface area contributed by atoms with Gasteiger partial charge in [0.05, 0.1) is 17.3 Å². The molecular formula is C38H35Cl2F3N4O3. The third-order valence-electron chi connectivity index (χ3n) is 9.23. The summed E-state index contributed by atoms with van der Waals surface area (Å²) in [4.78, 5) is 23.0. The van der Waals surface area contributed by atoms with Gasteiger partial charge in [0.25, 0.3) is 0 Å². The Morgan fingerprint density at radius 3 is 1.92 bits per heavy atom. The number of hydrogen-bond donors (Lipinski definition) is 2. The van der Waals surface area contributed by atoms with Crippen molar-refractivity contribution in [1.29, 1.82) is 0 Å². The first-order valence-electron chi connectivity index (χ1n) is 16.3. The number of benzene rings is 4. The molecule has 12 heteroatoms. The lowest BCUT2D eigenvalue weighted by molar-refractivity contribution is -0.192. The Hall–Kier alpha value is -4.38. The van der Waals surface area contributed by atoms with Crippen LogP contribution in [-0.4, -0.2) is 50.9 Å². The number of carbonyl (C=O) groups excluding carboxylic acids is 1. The maximum absolute atomic E-state index is 11.6. The van der Waals surface area contributed by atoms with Crippen molar-refractivity contribution in [1.82, 2.24) is 14.7 Å². The van der Waals surface area contributed by atoms with E-state index in [4.69, 9.17) is 43.9 Å². The average Bonchev–Trinajstić information content (AvgIpc) is 3.87. The van der Waals surface area contributed by atoms with Crippen molar-refractivity contribution in [2.75, 3.05) is 13.1 Å². The van der Waals surface area contributed by atoms with Crippen LogP contribution in [0.4, 0.5) is 13.2 Å². The minimum atomic E-state index is -5.08. The standard InChI is InChI=1S/C36H34Cl2N4O.C2HF3O2/c37-29-9-4-24(5-10-29)34(25-6-11-30(38)12-7-25)27-8-15-33-32(21-27)35(40-42(33)31-13-14-31)26-16-18-41(19-17-26)22-23-2-1-3-28(20-23)36(39)43;3-2(4,5)1(6)7/h1-12,15,20-21,26,31,34H,13-14,16-19,22H2,(H2,39,43);(H,6,7). The number of halogens is 5. The Morgan fingerprint density at radius 1 is 0.840 bits per heavy atom. The van der Waals surface area contributed by atoms with Gasteiger partial charge >= 0.3 is 12.1 Å². The van der Waals surface area contributed by atoms with Crippen LogP contribution in [0.1, 0.15) is 81.9 Å². The maximum Gasteiger partial charge on any atom is 0.490 e. The van der Waals surface area contributed by atoms with Gasteiger partial charge in [-0.3, -0.25) is 14.4 Å². The lowest BCUT2D eigenvalue weighted by atomic mass is 9.84. The molecule has 1 aromatic heterocycles. The predicted octanol–water partition coefficient (Wildman–Crippen LogP) is 8.97. The molecule has 1 saturated carbocycles. The molecule has 0 radical (unpaired) electrons. The number of alkyl halides is 3. The summed E-state index contributed by atoms with van der Waals surface area (Å²) in [6.45, 7) is 2.79. The Labute approximate surface area is 297 Å². The van der Waals surface area contributed by atoms with E-state index in [9.17, 15) is 18.0 Å². The number of amides is 1. The quantitative estimate of drug-likeness (QED) is 0.156. The summed E-state index contributed by atoms with van der Waals surface area (Å²) in [5, 5.41) is 15.2. The van der Waals surface area contributed by atoms with Crippen molar-refractivity contribution in [2.45, 2.75) is 56.3 Å². The van der Waals surface area contributed by atoms with Crippen LogP contribution >= 0.6 is 23.2 Å². The molecule has 0 bridgehead atoms. The highest BCUT2D eigenvalue weighted by molar-refractivity contribution is 6.30. The van der Waals surface area contributed by atoms with Crippen LogP contribution in [-0.2, 0) is 11.3 Å².